The van der Waals surface area contributed by atoms with Gasteiger partial charge in [-0.15, -0.1) is 0 Å². The molecule has 0 spiro atoms. The van der Waals surface area contributed by atoms with Crippen LogP contribution in [0.15, 0.2) is 16.5 Å². The Morgan fingerprint density at radius 3 is 2.87 bits per heavy atom. The van der Waals surface area contributed by atoms with Gasteiger partial charge in [-0.05, 0) is 25.0 Å². The SMILES string of the molecule is NNC(=O)c1ccc(C2(F)CCC2F)o1. The smallest absolute Gasteiger partial charge is 0.300 e. The largest absolute Gasteiger partial charge is 0.452 e. The Hall–Kier alpha value is -1.43. The predicted molar refractivity (Wildman–Crippen MR) is 47.3 cm³/mol. The number of nitrogens with one attached hydrogen (secondary N) is 1. The molecule has 2 atom stereocenters. The fraction of sp³-hybridized carbons (Fsp3) is 0.444. The topological polar surface area (TPSA) is 68.3 Å². The third-order valence-corrected chi connectivity index (χ3v) is 2.63. The molecule has 1 heterocycles. The lowest BCUT2D eigenvalue weighted by atomic mass is 9.78. The van der Waals surface area contributed by atoms with Crippen LogP contribution in [0.3, 0.4) is 0 Å². The number of nitrogens with two attached hydrogens (primary N) is 1. The summed E-state index contributed by atoms with van der Waals surface area (Å²) in [6, 6.07) is 2.53. The molecule has 1 aromatic rings. The maximum atomic E-state index is 13.8. The first-order chi connectivity index (χ1) is 7.08. The summed E-state index contributed by atoms with van der Waals surface area (Å²) >= 11 is 0. The van der Waals surface area contributed by atoms with Crippen molar-refractivity contribution in [1.82, 2.24) is 5.43 Å². The quantitative estimate of drug-likeness (QED) is 0.443. The summed E-state index contributed by atoms with van der Waals surface area (Å²) in [4.78, 5) is 11.0. The van der Waals surface area contributed by atoms with E-state index >= 15 is 0 Å². The van der Waals surface area contributed by atoms with Crippen LogP contribution in [-0.2, 0) is 5.67 Å². The van der Waals surface area contributed by atoms with Crippen molar-refractivity contribution in [3.8, 4) is 0 Å². The lowest BCUT2D eigenvalue weighted by Crippen LogP contribution is -2.41. The molecule has 1 amide bonds. The predicted octanol–water partition coefficient (Wildman–Crippen LogP) is 1.18. The first-order valence-corrected chi connectivity index (χ1v) is 4.52. The van der Waals surface area contributed by atoms with Crippen LogP contribution in [0.2, 0.25) is 0 Å². The van der Waals surface area contributed by atoms with E-state index in [1.165, 1.54) is 12.1 Å². The molecule has 0 aromatic carbocycles. The minimum absolute atomic E-state index is 0.0748. The Bertz CT molecular complexity index is 393. The Labute approximate surface area is 84.4 Å². The summed E-state index contributed by atoms with van der Waals surface area (Å²) in [5, 5.41) is 0. The zero-order valence-corrected chi connectivity index (χ0v) is 7.80. The standard InChI is InChI=1S/C9H10F2N2O2/c10-6-3-4-9(6,11)7-2-1-5(15-7)8(14)13-12/h1-2,6H,3-4,12H2,(H,13,14). The van der Waals surface area contributed by atoms with Gasteiger partial charge >= 0.3 is 5.91 Å². The fourth-order valence-corrected chi connectivity index (χ4v) is 1.54. The highest BCUT2D eigenvalue weighted by Gasteiger charge is 2.52. The van der Waals surface area contributed by atoms with Crippen molar-refractivity contribution in [3.63, 3.8) is 0 Å². The van der Waals surface area contributed by atoms with Crippen LogP contribution in [0.4, 0.5) is 8.78 Å². The lowest BCUT2D eigenvalue weighted by molar-refractivity contribution is -0.0588. The molecule has 4 nitrogen and oxygen atoms in total. The normalized spacial score (nSPS) is 29.7. The van der Waals surface area contributed by atoms with E-state index in [4.69, 9.17) is 10.3 Å². The van der Waals surface area contributed by atoms with Crippen molar-refractivity contribution in [3.05, 3.63) is 23.7 Å². The van der Waals surface area contributed by atoms with Gasteiger partial charge in [-0.3, -0.25) is 10.2 Å². The molecular weight excluding hydrogens is 206 g/mol. The van der Waals surface area contributed by atoms with E-state index in [-0.39, 0.29) is 24.4 Å². The van der Waals surface area contributed by atoms with Gasteiger partial charge in [0.2, 0.25) is 0 Å². The third-order valence-electron chi connectivity index (χ3n) is 2.63. The number of carbonyl (C=O) groups excluding carboxylic acids is 1. The Kier molecular flexibility index (Phi) is 2.22. The highest BCUT2D eigenvalue weighted by molar-refractivity contribution is 5.90. The first kappa shape index (κ1) is 10.1. The average molecular weight is 216 g/mol. The zero-order valence-electron chi connectivity index (χ0n) is 7.80. The van der Waals surface area contributed by atoms with Gasteiger partial charge in [-0.25, -0.2) is 14.6 Å². The molecule has 82 valence electrons. The molecule has 0 radical (unpaired) electrons. The second-order valence-corrected chi connectivity index (χ2v) is 3.51. The van der Waals surface area contributed by atoms with Gasteiger partial charge in [0.15, 0.2) is 11.4 Å². The van der Waals surface area contributed by atoms with Crippen LogP contribution in [-0.4, -0.2) is 12.1 Å². The van der Waals surface area contributed by atoms with Crippen LogP contribution in [0, 0.1) is 0 Å². The molecule has 15 heavy (non-hydrogen) atoms. The van der Waals surface area contributed by atoms with Gasteiger partial charge < -0.3 is 4.42 Å². The highest BCUT2D eigenvalue weighted by Crippen LogP contribution is 2.47. The number of furan rings is 1. The number of hydrogen-bond donors (Lipinski definition) is 2. The molecule has 1 aliphatic rings. The molecule has 3 N–H and O–H groups in total. The molecule has 2 unspecified atom stereocenters. The fourth-order valence-electron chi connectivity index (χ4n) is 1.54. The van der Waals surface area contributed by atoms with Crippen molar-refractivity contribution >= 4 is 5.91 Å². The Morgan fingerprint density at radius 2 is 2.40 bits per heavy atom. The van der Waals surface area contributed by atoms with Gasteiger partial charge in [0.05, 0.1) is 0 Å². The van der Waals surface area contributed by atoms with Crippen LogP contribution >= 0.6 is 0 Å². The van der Waals surface area contributed by atoms with Crippen LogP contribution in [0.5, 0.6) is 0 Å². The Morgan fingerprint density at radius 1 is 1.67 bits per heavy atom. The summed E-state index contributed by atoms with van der Waals surface area (Å²) in [6.45, 7) is 0. The molecule has 0 saturated heterocycles. The van der Waals surface area contributed by atoms with Crippen LogP contribution < -0.4 is 11.3 Å². The molecule has 1 saturated carbocycles. The number of hydrazine groups is 1. The molecule has 6 heteroatoms. The average Bonchev–Trinajstić information content (AvgIpc) is 2.74. The zero-order chi connectivity index (χ0) is 11.1. The monoisotopic (exact) mass is 216 g/mol. The van der Waals surface area contributed by atoms with Crippen molar-refractivity contribution in [2.45, 2.75) is 24.7 Å². The lowest BCUT2D eigenvalue weighted by Gasteiger charge is -2.35. The second-order valence-electron chi connectivity index (χ2n) is 3.51. The van der Waals surface area contributed by atoms with E-state index in [1.54, 1.807) is 0 Å². The highest BCUT2D eigenvalue weighted by atomic mass is 19.2. The molecule has 2 rings (SSSR count). The first-order valence-electron chi connectivity index (χ1n) is 4.52. The Balaban J connectivity index is 2.24. The number of alkyl halides is 2. The van der Waals surface area contributed by atoms with Gasteiger partial charge in [0, 0.05) is 0 Å². The van der Waals surface area contributed by atoms with E-state index in [9.17, 15) is 13.6 Å². The molecular formula is C9H10F2N2O2. The number of nitrogen functional groups attached to an aromatic ring is 1. The van der Waals surface area contributed by atoms with Gasteiger partial charge in [0.25, 0.3) is 0 Å². The van der Waals surface area contributed by atoms with E-state index in [0.29, 0.717) is 0 Å². The number of hydrogen-bond acceptors (Lipinski definition) is 3. The number of halogens is 2. The molecule has 0 bridgehead atoms. The van der Waals surface area contributed by atoms with E-state index < -0.39 is 17.7 Å². The number of rotatable bonds is 2. The second kappa shape index (κ2) is 3.30. The van der Waals surface area contributed by atoms with E-state index in [2.05, 4.69) is 0 Å². The van der Waals surface area contributed by atoms with Crippen LogP contribution in [0.25, 0.3) is 0 Å². The molecule has 1 fully saturated rings. The summed E-state index contributed by atoms with van der Waals surface area (Å²) in [5.41, 5.74) is -0.232. The summed E-state index contributed by atoms with van der Waals surface area (Å²) in [6.07, 6.45) is -1.31. The maximum Gasteiger partial charge on any atom is 0.300 e. The molecule has 1 aromatic heterocycles. The number of amides is 1. The van der Waals surface area contributed by atoms with Crippen molar-refractivity contribution in [1.29, 1.82) is 0 Å². The number of carbonyl (C=O) groups is 1. The molecule has 1 aliphatic carbocycles. The summed E-state index contributed by atoms with van der Waals surface area (Å²) in [7, 11) is 0. The van der Waals surface area contributed by atoms with Crippen molar-refractivity contribution < 1.29 is 18.0 Å². The van der Waals surface area contributed by atoms with Crippen molar-refractivity contribution in [2.75, 3.05) is 0 Å². The molecule has 0 aliphatic heterocycles. The minimum atomic E-state index is -2.08. The third kappa shape index (κ3) is 1.41. The van der Waals surface area contributed by atoms with E-state index in [1.807, 2.05) is 5.43 Å². The minimum Gasteiger partial charge on any atom is -0.452 e. The summed E-state index contributed by atoms with van der Waals surface area (Å²) in [5.74, 6) is 3.93. The van der Waals surface area contributed by atoms with Gasteiger partial charge in [0.1, 0.15) is 11.9 Å². The summed E-state index contributed by atoms with van der Waals surface area (Å²) < 4.78 is 31.7. The van der Waals surface area contributed by atoms with Gasteiger partial charge in [-0.1, -0.05) is 0 Å². The van der Waals surface area contributed by atoms with E-state index in [0.717, 1.165) is 0 Å². The van der Waals surface area contributed by atoms with Crippen molar-refractivity contribution in [2.24, 2.45) is 5.84 Å². The maximum absolute atomic E-state index is 13.8. The van der Waals surface area contributed by atoms with Crippen LogP contribution in [0.1, 0.15) is 29.2 Å². The van der Waals surface area contributed by atoms with Gasteiger partial charge in [-0.2, -0.15) is 0 Å².